The number of nitrogens with zero attached hydrogens (tertiary/aromatic N) is 1. The van der Waals surface area contributed by atoms with Gasteiger partial charge in [-0.1, -0.05) is 12.1 Å². The smallest absolute Gasteiger partial charge is 0.293 e. The quantitative estimate of drug-likeness (QED) is 0.396. The Morgan fingerprint density at radius 3 is 2.62 bits per heavy atom. The zero-order valence-corrected chi connectivity index (χ0v) is 6.77. The molecular formula is C9H7NO3. The molecule has 0 saturated carbocycles. The van der Waals surface area contributed by atoms with E-state index in [-0.39, 0.29) is 6.61 Å². The minimum absolute atomic E-state index is 0.231. The van der Waals surface area contributed by atoms with Gasteiger partial charge in [-0.15, -0.1) is 0 Å². The Morgan fingerprint density at radius 2 is 2.08 bits per heavy atom. The van der Waals surface area contributed by atoms with Gasteiger partial charge in [0, 0.05) is 0 Å². The Kier molecular flexibility index (Phi) is 3.42. The SMILES string of the molecule is O=C=Nc1ccc(COC=O)cc1. The Labute approximate surface area is 74.9 Å². The molecule has 13 heavy (non-hydrogen) atoms. The molecule has 0 unspecified atom stereocenters. The van der Waals surface area contributed by atoms with Gasteiger partial charge in [0.25, 0.3) is 6.47 Å². The number of aliphatic imine (C=N–C) groups is 1. The van der Waals surface area contributed by atoms with Crippen LogP contribution in [0.5, 0.6) is 0 Å². The second-order valence-electron chi connectivity index (χ2n) is 2.28. The first-order valence-electron chi connectivity index (χ1n) is 3.59. The minimum Gasteiger partial charge on any atom is -0.463 e. The van der Waals surface area contributed by atoms with Gasteiger partial charge in [0.15, 0.2) is 0 Å². The molecule has 0 heterocycles. The number of rotatable bonds is 4. The van der Waals surface area contributed by atoms with Crippen LogP contribution in [0.2, 0.25) is 0 Å². The van der Waals surface area contributed by atoms with Crippen LogP contribution in [0.15, 0.2) is 29.3 Å². The fourth-order valence-corrected chi connectivity index (χ4v) is 0.850. The molecule has 0 aliphatic rings. The summed E-state index contributed by atoms with van der Waals surface area (Å²) in [5.74, 6) is 0. The molecule has 0 atom stereocenters. The highest BCUT2D eigenvalue weighted by Crippen LogP contribution is 2.12. The van der Waals surface area contributed by atoms with E-state index in [0.29, 0.717) is 12.2 Å². The molecule has 4 nitrogen and oxygen atoms in total. The number of isocyanates is 1. The van der Waals surface area contributed by atoms with Crippen LogP contribution in [0.3, 0.4) is 0 Å². The molecule has 0 saturated heterocycles. The second-order valence-corrected chi connectivity index (χ2v) is 2.28. The molecule has 0 radical (unpaired) electrons. The lowest BCUT2D eigenvalue weighted by molar-refractivity contribution is -0.129. The maximum absolute atomic E-state index is 9.87. The number of hydrogen-bond donors (Lipinski definition) is 0. The average Bonchev–Trinajstić information content (AvgIpc) is 2.17. The third kappa shape index (κ3) is 2.89. The third-order valence-corrected chi connectivity index (χ3v) is 1.43. The van der Waals surface area contributed by atoms with Gasteiger partial charge in [-0.25, -0.2) is 4.79 Å². The fourth-order valence-electron chi connectivity index (χ4n) is 0.850. The van der Waals surface area contributed by atoms with E-state index >= 15 is 0 Å². The Morgan fingerprint density at radius 1 is 1.38 bits per heavy atom. The van der Waals surface area contributed by atoms with Crippen LogP contribution < -0.4 is 0 Å². The largest absolute Gasteiger partial charge is 0.463 e. The average molecular weight is 177 g/mol. The Hall–Kier alpha value is -1.93. The topological polar surface area (TPSA) is 55.7 Å². The van der Waals surface area contributed by atoms with Crippen molar-refractivity contribution in [3.63, 3.8) is 0 Å². The van der Waals surface area contributed by atoms with Gasteiger partial charge in [-0.05, 0) is 17.7 Å². The van der Waals surface area contributed by atoms with E-state index in [9.17, 15) is 9.59 Å². The first-order valence-corrected chi connectivity index (χ1v) is 3.59. The lowest BCUT2D eigenvalue weighted by Crippen LogP contribution is -1.88. The van der Waals surface area contributed by atoms with Crippen molar-refractivity contribution in [3.05, 3.63) is 29.8 Å². The molecule has 0 N–H and O–H groups in total. The second kappa shape index (κ2) is 4.85. The summed E-state index contributed by atoms with van der Waals surface area (Å²) in [6.45, 7) is 0.617. The molecule has 0 aromatic heterocycles. The maximum atomic E-state index is 9.87. The van der Waals surface area contributed by atoms with Gasteiger partial charge in [0.2, 0.25) is 6.08 Å². The molecule has 66 valence electrons. The molecule has 4 heteroatoms. The highest BCUT2D eigenvalue weighted by molar-refractivity contribution is 5.49. The van der Waals surface area contributed by atoms with Gasteiger partial charge < -0.3 is 4.74 Å². The number of carbonyl (C=O) groups excluding carboxylic acids is 2. The molecule has 1 rings (SSSR count). The highest BCUT2D eigenvalue weighted by Gasteiger charge is 1.92. The molecule has 0 fully saturated rings. The van der Waals surface area contributed by atoms with Crippen molar-refractivity contribution in [1.82, 2.24) is 0 Å². The van der Waals surface area contributed by atoms with Gasteiger partial charge in [-0.3, -0.25) is 4.79 Å². The molecular weight excluding hydrogens is 170 g/mol. The monoisotopic (exact) mass is 177 g/mol. The van der Waals surface area contributed by atoms with E-state index in [1.807, 2.05) is 0 Å². The van der Waals surface area contributed by atoms with Crippen LogP contribution in [0.1, 0.15) is 5.56 Å². The summed E-state index contributed by atoms with van der Waals surface area (Å²) in [5.41, 5.74) is 1.38. The van der Waals surface area contributed by atoms with Crippen LogP contribution in [-0.4, -0.2) is 12.6 Å². The van der Waals surface area contributed by atoms with Crippen LogP contribution >= 0.6 is 0 Å². The van der Waals surface area contributed by atoms with E-state index in [0.717, 1.165) is 5.56 Å². The van der Waals surface area contributed by atoms with E-state index in [2.05, 4.69) is 9.73 Å². The van der Waals surface area contributed by atoms with Gasteiger partial charge in [0.05, 0.1) is 5.69 Å². The predicted molar refractivity (Wildman–Crippen MR) is 45.1 cm³/mol. The van der Waals surface area contributed by atoms with Crippen molar-refractivity contribution in [1.29, 1.82) is 0 Å². The summed E-state index contributed by atoms with van der Waals surface area (Å²) in [4.78, 5) is 23.1. The van der Waals surface area contributed by atoms with Gasteiger partial charge in [0.1, 0.15) is 6.61 Å². The van der Waals surface area contributed by atoms with Crippen LogP contribution in [0.4, 0.5) is 5.69 Å². The number of benzene rings is 1. The fraction of sp³-hybridized carbons (Fsp3) is 0.111. The summed E-state index contributed by atoms with van der Waals surface area (Å²) in [6.07, 6.45) is 1.43. The van der Waals surface area contributed by atoms with E-state index in [1.165, 1.54) is 6.08 Å². The lowest BCUT2D eigenvalue weighted by Gasteiger charge is -1.98. The van der Waals surface area contributed by atoms with Crippen molar-refractivity contribution >= 4 is 18.2 Å². The zero-order chi connectivity index (χ0) is 9.52. The first kappa shape index (κ1) is 9.16. The van der Waals surface area contributed by atoms with E-state index in [1.54, 1.807) is 24.3 Å². The standard InChI is InChI=1S/C9H7NO3/c11-6-10-9-3-1-8(2-4-9)5-13-7-12/h1-4,7H,5H2. The maximum Gasteiger partial charge on any atom is 0.293 e. The third-order valence-electron chi connectivity index (χ3n) is 1.43. The molecule has 1 aromatic rings. The van der Waals surface area contributed by atoms with Crippen molar-refractivity contribution in [2.45, 2.75) is 6.61 Å². The van der Waals surface area contributed by atoms with Crippen LogP contribution in [-0.2, 0) is 20.9 Å². The molecule has 0 aliphatic heterocycles. The van der Waals surface area contributed by atoms with Crippen molar-refractivity contribution in [3.8, 4) is 0 Å². The van der Waals surface area contributed by atoms with Crippen LogP contribution in [0.25, 0.3) is 0 Å². The van der Waals surface area contributed by atoms with E-state index in [4.69, 9.17) is 0 Å². The van der Waals surface area contributed by atoms with Gasteiger partial charge in [-0.2, -0.15) is 4.99 Å². The summed E-state index contributed by atoms with van der Waals surface area (Å²) in [5, 5.41) is 0. The highest BCUT2D eigenvalue weighted by atomic mass is 16.5. The normalized spacial score (nSPS) is 8.62. The summed E-state index contributed by atoms with van der Waals surface area (Å²) >= 11 is 0. The number of hydrogen-bond acceptors (Lipinski definition) is 4. The molecule has 0 spiro atoms. The Balaban J connectivity index is 2.68. The molecule has 0 amide bonds. The summed E-state index contributed by atoms with van der Waals surface area (Å²) in [7, 11) is 0. The summed E-state index contributed by atoms with van der Waals surface area (Å²) in [6, 6.07) is 6.74. The molecule has 1 aromatic carbocycles. The van der Waals surface area contributed by atoms with Crippen molar-refractivity contribution < 1.29 is 14.3 Å². The number of ether oxygens (including phenoxy) is 1. The van der Waals surface area contributed by atoms with Crippen molar-refractivity contribution in [2.24, 2.45) is 4.99 Å². The first-order chi connectivity index (χ1) is 6.36. The lowest BCUT2D eigenvalue weighted by atomic mass is 10.2. The Bertz CT molecular complexity index is 325. The molecule has 0 aliphatic carbocycles. The minimum atomic E-state index is 0.231. The van der Waals surface area contributed by atoms with E-state index < -0.39 is 0 Å². The van der Waals surface area contributed by atoms with Gasteiger partial charge >= 0.3 is 0 Å². The molecule has 0 bridgehead atoms. The summed E-state index contributed by atoms with van der Waals surface area (Å²) < 4.78 is 4.53. The van der Waals surface area contributed by atoms with Crippen LogP contribution in [0, 0.1) is 0 Å². The van der Waals surface area contributed by atoms with Crippen molar-refractivity contribution in [2.75, 3.05) is 0 Å². The number of carbonyl (C=O) groups is 1. The zero-order valence-electron chi connectivity index (χ0n) is 6.77. The predicted octanol–water partition coefficient (Wildman–Crippen LogP) is 1.33.